The Balaban J connectivity index is 1.80. The number of pyridine rings is 1. The third-order valence-electron chi connectivity index (χ3n) is 3.50. The van der Waals surface area contributed by atoms with Crippen molar-refractivity contribution in [2.24, 2.45) is 0 Å². The molecule has 140 valence electrons. The third-order valence-corrected chi connectivity index (χ3v) is 5.22. The summed E-state index contributed by atoms with van der Waals surface area (Å²) in [6, 6.07) is 8.01. The van der Waals surface area contributed by atoms with Crippen molar-refractivity contribution in [2.45, 2.75) is 24.3 Å². The maximum Gasteiger partial charge on any atom is 0.244 e. The van der Waals surface area contributed by atoms with Crippen molar-refractivity contribution < 1.29 is 17.9 Å². The quantitative estimate of drug-likeness (QED) is 0.631. The number of hydrogen-bond donors (Lipinski definition) is 2. The van der Waals surface area contributed by atoms with E-state index in [0.717, 1.165) is 5.56 Å². The highest BCUT2D eigenvalue weighted by Gasteiger charge is 2.19. The first kappa shape index (κ1) is 20.2. The van der Waals surface area contributed by atoms with Crippen LogP contribution in [-0.2, 0) is 21.4 Å². The molecule has 1 aromatic carbocycles. The second kappa shape index (κ2) is 9.51. The van der Waals surface area contributed by atoms with E-state index in [0.29, 0.717) is 18.0 Å². The molecule has 1 aromatic heterocycles. The van der Waals surface area contributed by atoms with E-state index in [4.69, 9.17) is 16.3 Å². The van der Waals surface area contributed by atoms with Gasteiger partial charge in [-0.1, -0.05) is 17.7 Å². The van der Waals surface area contributed by atoms with Gasteiger partial charge in [-0.25, -0.2) is 13.1 Å². The first-order valence-corrected chi connectivity index (χ1v) is 9.77. The lowest BCUT2D eigenvalue weighted by Gasteiger charge is -2.11. The Morgan fingerprint density at radius 2 is 2.12 bits per heavy atom. The number of hydrogen-bond acceptors (Lipinski definition) is 5. The molecule has 2 aromatic rings. The van der Waals surface area contributed by atoms with Gasteiger partial charge >= 0.3 is 0 Å². The number of halogens is 1. The fraction of sp³-hybridized carbons (Fsp3) is 0.294. The summed E-state index contributed by atoms with van der Waals surface area (Å²) < 4.78 is 32.2. The van der Waals surface area contributed by atoms with E-state index in [1.165, 1.54) is 19.2 Å². The number of nitrogens with zero attached hydrogens (tertiary/aromatic N) is 1. The number of ether oxygens (including phenoxy) is 1. The standard InChI is InChI=1S/C17H20ClN3O4S/c1-25-15-7-6-14(18)10-16(15)26(23,24)21-9-3-5-17(22)20-12-13-4-2-8-19-11-13/h2,4,6-8,10-11,21H,3,5,9,12H2,1H3,(H,20,22). The molecular formula is C17H20ClN3O4S. The molecule has 0 spiro atoms. The Hall–Kier alpha value is -2.16. The van der Waals surface area contributed by atoms with Crippen LogP contribution in [0, 0.1) is 0 Å². The van der Waals surface area contributed by atoms with Crippen LogP contribution in [0.4, 0.5) is 0 Å². The molecule has 0 radical (unpaired) electrons. The molecule has 0 aliphatic rings. The van der Waals surface area contributed by atoms with Gasteiger partial charge in [-0.2, -0.15) is 0 Å². The lowest BCUT2D eigenvalue weighted by molar-refractivity contribution is -0.121. The number of aromatic nitrogens is 1. The van der Waals surface area contributed by atoms with Crippen LogP contribution in [0.15, 0.2) is 47.6 Å². The van der Waals surface area contributed by atoms with Gasteiger partial charge in [-0.05, 0) is 36.2 Å². The molecule has 0 atom stereocenters. The van der Waals surface area contributed by atoms with Gasteiger partial charge in [0, 0.05) is 36.9 Å². The number of carbonyl (C=O) groups is 1. The van der Waals surface area contributed by atoms with Crippen molar-refractivity contribution in [3.8, 4) is 5.75 Å². The minimum atomic E-state index is -3.78. The van der Waals surface area contributed by atoms with Crippen molar-refractivity contribution in [2.75, 3.05) is 13.7 Å². The molecule has 2 rings (SSSR count). The van der Waals surface area contributed by atoms with Crippen LogP contribution >= 0.6 is 11.6 Å². The molecule has 9 heteroatoms. The van der Waals surface area contributed by atoms with E-state index in [-0.39, 0.29) is 29.5 Å². The Morgan fingerprint density at radius 3 is 2.81 bits per heavy atom. The first-order valence-electron chi connectivity index (χ1n) is 7.91. The Bertz CT molecular complexity index is 844. The predicted octanol–water partition coefficient (Wildman–Crippen LogP) is 2.12. The SMILES string of the molecule is COc1ccc(Cl)cc1S(=O)(=O)NCCCC(=O)NCc1cccnc1. The first-order chi connectivity index (χ1) is 12.4. The van der Waals surface area contributed by atoms with Crippen LogP contribution in [0.1, 0.15) is 18.4 Å². The van der Waals surface area contributed by atoms with Crippen molar-refractivity contribution >= 4 is 27.5 Å². The molecule has 0 unspecified atom stereocenters. The van der Waals surface area contributed by atoms with E-state index in [2.05, 4.69) is 15.0 Å². The highest BCUT2D eigenvalue weighted by molar-refractivity contribution is 7.89. The fourth-order valence-electron chi connectivity index (χ4n) is 2.19. The molecule has 0 fully saturated rings. The average molecular weight is 398 g/mol. The van der Waals surface area contributed by atoms with E-state index < -0.39 is 10.0 Å². The lowest BCUT2D eigenvalue weighted by Crippen LogP contribution is -2.27. The molecular weight excluding hydrogens is 378 g/mol. The van der Waals surface area contributed by atoms with Crippen molar-refractivity contribution in [1.82, 2.24) is 15.0 Å². The second-order valence-electron chi connectivity index (χ2n) is 5.43. The lowest BCUT2D eigenvalue weighted by atomic mass is 10.2. The summed E-state index contributed by atoms with van der Waals surface area (Å²) in [7, 11) is -2.39. The summed E-state index contributed by atoms with van der Waals surface area (Å²) in [6.07, 6.45) is 3.90. The van der Waals surface area contributed by atoms with Crippen molar-refractivity contribution in [3.63, 3.8) is 0 Å². The summed E-state index contributed by atoms with van der Waals surface area (Å²) in [5, 5.41) is 3.05. The summed E-state index contributed by atoms with van der Waals surface area (Å²) in [4.78, 5) is 15.7. The monoisotopic (exact) mass is 397 g/mol. The molecule has 2 N–H and O–H groups in total. The zero-order chi connectivity index (χ0) is 19.0. The van der Waals surface area contributed by atoms with Crippen LogP contribution in [0.2, 0.25) is 5.02 Å². The number of methoxy groups -OCH3 is 1. The van der Waals surface area contributed by atoms with Crippen molar-refractivity contribution in [3.05, 3.63) is 53.3 Å². The van der Waals surface area contributed by atoms with Gasteiger partial charge in [0.1, 0.15) is 10.6 Å². The molecule has 0 aliphatic heterocycles. The Labute approximate surface area is 157 Å². The van der Waals surface area contributed by atoms with Gasteiger partial charge in [0.05, 0.1) is 7.11 Å². The van der Waals surface area contributed by atoms with Crippen LogP contribution < -0.4 is 14.8 Å². The zero-order valence-corrected chi connectivity index (χ0v) is 15.8. The molecule has 0 saturated heterocycles. The van der Waals surface area contributed by atoms with E-state index in [9.17, 15) is 13.2 Å². The average Bonchev–Trinajstić information content (AvgIpc) is 2.64. The predicted molar refractivity (Wildman–Crippen MR) is 98.5 cm³/mol. The number of carbonyl (C=O) groups excluding carboxylic acids is 1. The maximum atomic E-state index is 12.4. The molecule has 0 bridgehead atoms. The maximum absolute atomic E-state index is 12.4. The van der Waals surface area contributed by atoms with Gasteiger partial charge < -0.3 is 10.1 Å². The number of amides is 1. The summed E-state index contributed by atoms with van der Waals surface area (Å²) in [6.45, 7) is 0.510. The molecule has 0 saturated carbocycles. The largest absolute Gasteiger partial charge is 0.495 e. The van der Waals surface area contributed by atoms with Crippen molar-refractivity contribution in [1.29, 1.82) is 0 Å². The number of benzene rings is 1. The fourth-order valence-corrected chi connectivity index (χ4v) is 3.69. The summed E-state index contributed by atoms with van der Waals surface area (Å²) in [5.74, 6) is 0.0458. The second-order valence-corrected chi connectivity index (χ2v) is 7.61. The zero-order valence-electron chi connectivity index (χ0n) is 14.2. The van der Waals surface area contributed by atoms with Crippen LogP contribution in [0.25, 0.3) is 0 Å². The highest BCUT2D eigenvalue weighted by atomic mass is 35.5. The third kappa shape index (κ3) is 5.98. The summed E-state index contributed by atoms with van der Waals surface area (Å²) >= 11 is 5.86. The normalized spacial score (nSPS) is 11.2. The van der Waals surface area contributed by atoms with E-state index in [1.807, 2.05) is 6.07 Å². The van der Waals surface area contributed by atoms with Crippen LogP contribution in [0.3, 0.4) is 0 Å². The van der Waals surface area contributed by atoms with Gasteiger partial charge in [0.25, 0.3) is 0 Å². The Morgan fingerprint density at radius 1 is 1.31 bits per heavy atom. The number of nitrogens with one attached hydrogen (secondary N) is 2. The Kier molecular flexibility index (Phi) is 7.38. The van der Waals surface area contributed by atoms with Crippen LogP contribution in [0.5, 0.6) is 5.75 Å². The molecule has 1 heterocycles. The number of rotatable bonds is 9. The van der Waals surface area contributed by atoms with Gasteiger partial charge in [0.2, 0.25) is 15.9 Å². The molecule has 7 nitrogen and oxygen atoms in total. The van der Waals surface area contributed by atoms with Gasteiger partial charge in [-0.15, -0.1) is 0 Å². The minimum absolute atomic E-state index is 0.0338. The topological polar surface area (TPSA) is 97.4 Å². The molecule has 1 amide bonds. The van der Waals surface area contributed by atoms with E-state index in [1.54, 1.807) is 24.5 Å². The van der Waals surface area contributed by atoms with Gasteiger partial charge in [-0.3, -0.25) is 9.78 Å². The van der Waals surface area contributed by atoms with Gasteiger partial charge in [0.15, 0.2) is 0 Å². The van der Waals surface area contributed by atoms with Crippen LogP contribution in [-0.4, -0.2) is 33.0 Å². The number of sulfonamides is 1. The molecule has 0 aliphatic carbocycles. The minimum Gasteiger partial charge on any atom is -0.495 e. The molecule has 26 heavy (non-hydrogen) atoms. The highest BCUT2D eigenvalue weighted by Crippen LogP contribution is 2.26. The summed E-state index contributed by atoms with van der Waals surface area (Å²) in [5.41, 5.74) is 0.898. The smallest absolute Gasteiger partial charge is 0.244 e. The van der Waals surface area contributed by atoms with E-state index >= 15 is 0 Å².